The van der Waals surface area contributed by atoms with E-state index in [0.29, 0.717) is 17.3 Å². The van der Waals surface area contributed by atoms with Crippen molar-refractivity contribution in [3.05, 3.63) is 94.5 Å². The third-order valence-corrected chi connectivity index (χ3v) is 3.93. The van der Waals surface area contributed by atoms with Gasteiger partial charge in [0.25, 0.3) is 11.8 Å². The van der Waals surface area contributed by atoms with Gasteiger partial charge in [-0.15, -0.1) is 0 Å². The van der Waals surface area contributed by atoms with Crippen LogP contribution >= 0.6 is 11.6 Å². The second-order valence-corrected chi connectivity index (χ2v) is 6.11. The van der Waals surface area contributed by atoms with Gasteiger partial charge in [-0.25, -0.2) is 9.37 Å². The molecule has 0 aliphatic carbocycles. The van der Waals surface area contributed by atoms with Crippen LogP contribution in [0.3, 0.4) is 0 Å². The lowest BCUT2D eigenvalue weighted by Gasteiger charge is -2.08. The zero-order valence-electron chi connectivity index (χ0n) is 14.1. The molecule has 2 amide bonds. The zero-order chi connectivity index (χ0) is 19.2. The van der Waals surface area contributed by atoms with Crippen molar-refractivity contribution in [2.45, 2.75) is 6.54 Å². The number of carbonyl (C=O) groups is 2. The summed E-state index contributed by atoms with van der Waals surface area (Å²) in [7, 11) is 0. The quantitative estimate of drug-likeness (QED) is 0.698. The van der Waals surface area contributed by atoms with E-state index in [1.165, 1.54) is 36.4 Å². The Labute approximate surface area is 160 Å². The lowest BCUT2D eigenvalue weighted by molar-refractivity contribution is 0.0945. The van der Waals surface area contributed by atoms with Crippen LogP contribution in [-0.4, -0.2) is 16.8 Å². The van der Waals surface area contributed by atoms with Crippen LogP contribution in [0.15, 0.2) is 66.7 Å². The molecular formula is C20H15ClFN3O2. The van der Waals surface area contributed by atoms with Gasteiger partial charge in [-0.1, -0.05) is 29.8 Å². The highest BCUT2D eigenvalue weighted by Gasteiger charge is 2.12. The molecule has 3 rings (SSSR count). The molecule has 136 valence electrons. The highest BCUT2D eigenvalue weighted by Crippen LogP contribution is 2.11. The second kappa shape index (κ2) is 8.42. The molecular weight excluding hydrogens is 369 g/mol. The Kier molecular flexibility index (Phi) is 5.78. The van der Waals surface area contributed by atoms with Crippen molar-refractivity contribution < 1.29 is 14.0 Å². The Balaban J connectivity index is 1.65. The van der Waals surface area contributed by atoms with E-state index < -0.39 is 17.6 Å². The molecule has 7 heteroatoms. The van der Waals surface area contributed by atoms with Crippen molar-refractivity contribution in [1.29, 1.82) is 0 Å². The molecule has 0 aliphatic rings. The van der Waals surface area contributed by atoms with Crippen LogP contribution in [0, 0.1) is 5.82 Å². The Hall–Kier alpha value is -3.25. The van der Waals surface area contributed by atoms with E-state index in [0.717, 1.165) is 5.56 Å². The fourth-order valence-electron chi connectivity index (χ4n) is 2.29. The van der Waals surface area contributed by atoms with Gasteiger partial charge in [-0.2, -0.15) is 0 Å². The molecule has 2 N–H and O–H groups in total. The average molecular weight is 384 g/mol. The van der Waals surface area contributed by atoms with E-state index in [4.69, 9.17) is 11.6 Å². The standard InChI is InChI=1S/C20H15ClFN3O2/c21-14-6-4-13(5-7-14)12-23-19(26)17-2-1-3-18(25-17)20(27)24-16-10-8-15(22)9-11-16/h1-11H,12H2,(H,23,26)(H,24,27). The Morgan fingerprint density at radius 3 is 2.19 bits per heavy atom. The maximum atomic E-state index is 12.9. The van der Waals surface area contributed by atoms with Crippen LogP contribution in [0.4, 0.5) is 10.1 Å². The SMILES string of the molecule is O=C(NCc1ccc(Cl)cc1)c1cccc(C(=O)Nc2ccc(F)cc2)n1. The summed E-state index contributed by atoms with van der Waals surface area (Å²) in [6, 6.07) is 17.0. The number of pyridine rings is 1. The molecule has 0 aliphatic heterocycles. The van der Waals surface area contributed by atoms with Crippen LogP contribution in [0.25, 0.3) is 0 Å². The van der Waals surface area contributed by atoms with Crippen LogP contribution < -0.4 is 10.6 Å². The van der Waals surface area contributed by atoms with Gasteiger partial charge in [0, 0.05) is 17.3 Å². The van der Waals surface area contributed by atoms with Crippen LogP contribution in [0.2, 0.25) is 5.02 Å². The summed E-state index contributed by atoms with van der Waals surface area (Å²) in [6.45, 7) is 0.309. The number of anilines is 1. The number of benzene rings is 2. The van der Waals surface area contributed by atoms with Gasteiger partial charge in [0.2, 0.25) is 0 Å². The van der Waals surface area contributed by atoms with E-state index >= 15 is 0 Å². The van der Waals surface area contributed by atoms with Gasteiger partial charge in [-0.05, 0) is 54.1 Å². The third-order valence-electron chi connectivity index (χ3n) is 3.68. The molecule has 0 radical (unpaired) electrons. The minimum Gasteiger partial charge on any atom is -0.347 e. The van der Waals surface area contributed by atoms with Gasteiger partial charge in [0.1, 0.15) is 17.2 Å². The zero-order valence-corrected chi connectivity index (χ0v) is 14.8. The topological polar surface area (TPSA) is 71.1 Å². The largest absolute Gasteiger partial charge is 0.347 e. The van der Waals surface area contributed by atoms with Crippen molar-refractivity contribution in [2.24, 2.45) is 0 Å². The summed E-state index contributed by atoms with van der Waals surface area (Å²) in [5, 5.41) is 5.96. The van der Waals surface area contributed by atoms with Gasteiger partial charge in [0.15, 0.2) is 0 Å². The number of hydrogen-bond acceptors (Lipinski definition) is 3. The number of carbonyl (C=O) groups excluding carboxylic acids is 2. The van der Waals surface area contributed by atoms with Crippen molar-refractivity contribution in [2.75, 3.05) is 5.32 Å². The second-order valence-electron chi connectivity index (χ2n) is 5.68. The molecule has 27 heavy (non-hydrogen) atoms. The Morgan fingerprint density at radius 1 is 0.889 bits per heavy atom. The molecule has 5 nitrogen and oxygen atoms in total. The number of aromatic nitrogens is 1. The van der Waals surface area contributed by atoms with Gasteiger partial charge < -0.3 is 10.6 Å². The smallest absolute Gasteiger partial charge is 0.274 e. The normalized spacial score (nSPS) is 10.3. The summed E-state index contributed by atoms with van der Waals surface area (Å²) >= 11 is 5.83. The molecule has 0 spiro atoms. The van der Waals surface area contributed by atoms with Crippen molar-refractivity contribution in [3.8, 4) is 0 Å². The number of rotatable bonds is 5. The lowest BCUT2D eigenvalue weighted by Crippen LogP contribution is -2.25. The number of nitrogens with one attached hydrogen (secondary N) is 2. The fraction of sp³-hybridized carbons (Fsp3) is 0.0500. The predicted octanol–water partition coefficient (Wildman–Crippen LogP) is 4.06. The van der Waals surface area contributed by atoms with E-state index in [2.05, 4.69) is 15.6 Å². The van der Waals surface area contributed by atoms with Crippen molar-refractivity contribution in [3.63, 3.8) is 0 Å². The molecule has 1 heterocycles. The highest BCUT2D eigenvalue weighted by atomic mass is 35.5. The van der Waals surface area contributed by atoms with Crippen molar-refractivity contribution in [1.82, 2.24) is 10.3 Å². The van der Waals surface area contributed by atoms with Gasteiger partial charge in [-0.3, -0.25) is 9.59 Å². The maximum Gasteiger partial charge on any atom is 0.274 e. The van der Waals surface area contributed by atoms with E-state index in [1.807, 2.05) is 12.1 Å². The molecule has 0 atom stereocenters. The molecule has 2 aromatic carbocycles. The minimum atomic E-state index is -0.492. The maximum absolute atomic E-state index is 12.9. The Bertz CT molecular complexity index is 960. The first-order valence-corrected chi connectivity index (χ1v) is 8.46. The molecule has 0 bridgehead atoms. The van der Waals surface area contributed by atoms with Gasteiger partial charge >= 0.3 is 0 Å². The summed E-state index contributed by atoms with van der Waals surface area (Å²) in [5.74, 6) is -1.29. The van der Waals surface area contributed by atoms with Crippen LogP contribution in [0.5, 0.6) is 0 Å². The monoisotopic (exact) mass is 383 g/mol. The van der Waals surface area contributed by atoms with Crippen molar-refractivity contribution >= 4 is 29.1 Å². The highest BCUT2D eigenvalue weighted by molar-refractivity contribution is 6.30. The van der Waals surface area contributed by atoms with E-state index in [1.54, 1.807) is 18.2 Å². The predicted molar refractivity (Wildman–Crippen MR) is 101 cm³/mol. The first kappa shape index (κ1) is 18.5. The summed E-state index contributed by atoms with van der Waals surface area (Å²) < 4.78 is 12.9. The molecule has 0 saturated heterocycles. The number of hydrogen-bond donors (Lipinski definition) is 2. The Morgan fingerprint density at radius 2 is 1.52 bits per heavy atom. The molecule has 0 unspecified atom stereocenters. The minimum absolute atomic E-state index is 0.0819. The number of nitrogens with zero attached hydrogens (tertiary/aromatic N) is 1. The third kappa shape index (κ3) is 5.12. The molecule has 3 aromatic rings. The first-order chi connectivity index (χ1) is 13.0. The van der Waals surface area contributed by atoms with E-state index in [9.17, 15) is 14.0 Å². The van der Waals surface area contributed by atoms with E-state index in [-0.39, 0.29) is 11.4 Å². The van der Waals surface area contributed by atoms with Gasteiger partial charge in [0.05, 0.1) is 0 Å². The molecule has 0 fully saturated rings. The summed E-state index contributed by atoms with van der Waals surface area (Å²) in [4.78, 5) is 28.6. The number of halogens is 2. The summed E-state index contributed by atoms with van der Waals surface area (Å²) in [5.41, 5.74) is 1.52. The molecule has 0 saturated carbocycles. The average Bonchev–Trinajstić information content (AvgIpc) is 2.69. The number of amides is 2. The lowest BCUT2D eigenvalue weighted by atomic mass is 10.2. The van der Waals surface area contributed by atoms with Crippen LogP contribution in [0.1, 0.15) is 26.5 Å². The fourth-order valence-corrected chi connectivity index (χ4v) is 2.42. The summed E-state index contributed by atoms with van der Waals surface area (Å²) in [6.07, 6.45) is 0. The molecule has 1 aromatic heterocycles. The first-order valence-electron chi connectivity index (χ1n) is 8.08. The van der Waals surface area contributed by atoms with Crippen LogP contribution in [-0.2, 0) is 6.54 Å².